The van der Waals surface area contributed by atoms with Gasteiger partial charge in [-0.05, 0) is 25.5 Å². The van der Waals surface area contributed by atoms with Gasteiger partial charge in [0.1, 0.15) is 0 Å². The Morgan fingerprint density at radius 1 is 1.54 bits per heavy atom. The monoisotopic (exact) mass is 194 g/mol. The molecule has 0 bridgehead atoms. The quantitative estimate of drug-likeness (QED) is 0.741. The summed E-state index contributed by atoms with van der Waals surface area (Å²) in [7, 11) is 0. The van der Waals surface area contributed by atoms with Crippen LogP contribution in [-0.4, -0.2) is 17.0 Å². The van der Waals surface area contributed by atoms with E-state index in [-0.39, 0.29) is 6.10 Å². The van der Waals surface area contributed by atoms with Gasteiger partial charge in [-0.25, -0.2) is 0 Å². The van der Waals surface area contributed by atoms with Crippen LogP contribution in [0.5, 0.6) is 0 Å². The molecule has 0 aromatic heterocycles. The SMILES string of the molecule is Cc1ccc2c(c1)C(C(C)O)CS2. The summed E-state index contributed by atoms with van der Waals surface area (Å²) in [5, 5.41) is 9.58. The molecule has 1 aliphatic heterocycles. The molecule has 1 aromatic rings. The van der Waals surface area contributed by atoms with Crippen LogP contribution in [0, 0.1) is 6.92 Å². The molecule has 1 N–H and O–H groups in total. The molecule has 0 saturated carbocycles. The van der Waals surface area contributed by atoms with Crippen molar-refractivity contribution in [2.75, 3.05) is 5.75 Å². The number of rotatable bonds is 1. The molecule has 0 saturated heterocycles. The second kappa shape index (κ2) is 3.35. The average molecular weight is 194 g/mol. The molecule has 0 aliphatic carbocycles. The van der Waals surface area contributed by atoms with E-state index in [0.717, 1.165) is 5.75 Å². The summed E-state index contributed by atoms with van der Waals surface area (Å²) in [6.45, 7) is 3.98. The highest BCUT2D eigenvalue weighted by molar-refractivity contribution is 7.99. The van der Waals surface area contributed by atoms with Crippen LogP contribution in [0.15, 0.2) is 23.1 Å². The lowest BCUT2D eigenvalue weighted by atomic mass is 9.95. The fraction of sp³-hybridized carbons (Fsp3) is 0.455. The first-order valence-corrected chi connectivity index (χ1v) is 5.58. The van der Waals surface area contributed by atoms with Crippen molar-refractivity contribution >= 4 is 11.8 Å². The van der Waals surface area contributed by atoms with E-state index in [1.54, 1.807) is 0 Å². The van der Waals surface area contributed by atoms with Crippen LogP contribution in [0.3, 0.4) is 0 Å². The highest BCUT2D eigenvalue weighted by Crippen LogP contribution is 2.41. The second-order valence-electron chi connectivity index (χ2n) is 3.70. The summed E-state index contributed by atoms with van der Waals surface area (Å²) < 4.78 is 0. The van der Waals surface area contributed by atoms with Gasteiger partial charge in [-0.15, -0.1) is 11.8 Å². The van der Waals surface area contributed by atoms with Gasteiger partial charge in [0.2, 0.25) is 0 Å². The molecule has 2 atom stereocenters. The third kappa shape index (κ3) is 1.61. The third-order valence-corrected chi connectivity index (χ3v) is 3.77. The molecule has 0 fully saturated rings. The van der Waals surface area contributed by atoms with Gasteiger partial charge in [0.15, 0.2) is 0 Å². The maximum Gasteiger partial charge on any atom is 0.0589 e. The van der Waals surface area contributed by atoms with Gasteiger partial charge < -0.3 is 5.11 Å². The number of hydrogen-bond donors (Lipinski definition) is 1. The number of aliphatic hydroxyl groups is 1. The number of thioether (sulfide) groups is 1. The zero-order valence-corrected chi connectivity index (χ0v) is 8.77. The molecule has 0 radical (unpaired) electrons. The van der Waals surface area contributed by atoms with E-state index < -0.39 is 0 Å². The maximum atomic E-state index is 9.58. The Bertz CT molecular complexity index is 320. The molecule has 2 rings (SSSR count). The highest BCUT2D eigenvalue weighted by Gasteiger charge is 2.26. The van der Waals surface area contributed by atoms with E-state index >= 15 is 0 Å². The van der Waals surface area contributed by atoms with Crippen LogP contribution in [0.1, 0.15) is 24.0 Å². The van der Waals surface area contributed by atoms with Gasteiger partial charge in [0.05, 0.1) is 6.10 Å². The Hall–Kier alpha value is -0.470. The third-order valence-electron chi connectivity index (χ3n) is 2.57. The highest BCUT2D eigenvalue weighted by atomic mass is 32.2. The van der Waals surface area contributed by atoms with Crippen LogP contribution in [0.4, 0.5) is 0 Å². The van der Waals surface area contributed by atoms with Crippen molar-refractivity contribution in [2.24, 2.45) is 0 Å². The smallest absolute Gasteiger partial charge is 0.0589 e. The molecule has 2 unspecified atom stereocenters. The molecule has 1 aromatic carbocycles. The summed E-state index contributed by atoms with van der Waals surface area (Å²) in [5.74, 6) is 1.36. The molecule has 1 heterocycles. The zero-order valence-electron chi connectivity index (χ0n) is 7.95. The Morgan fingerprint density at radius 3 is 3.00 bits per heavy atom. The van der Waals surface area contributed by atoms with Gasteiger partial charge in [-0.3, -0.25) is 0 Å². The Balaban J connectivity index is 2.40. The van der Waals surface area contributed by atoms with Crippen LogP contribution in [-0.2, 0) is 0 Å². The van der Waals surface area contributed by atoms with Gasteiger partial charge in [0.25, 0.3) is 0 Å². The van der Waals surface area contributed by atoms with Crippen LogP contribution in [0.25, 0.3) is 0 Å². The van der Waals surface area contributed by atoms with Crippen LogP contribution in [0.2, 0.25) is 0 Å². The lowest BCUT2D eigenvalue weighted by molar-refractivity contribution is 0.171. The van der Waals surface area contributed by atoms with Crippen molar-refractivity contribution in [1.82, 2.24) is 0 Å². The fourth-order valence-corrected chi connectivity index (χ4v) is 3.12. The number of benzene rings is 1. The lowest BCUT2D eigenvalue weighted by Crippen LogP contribution is -2.13. The van der Waals surface area contributed by atoms with Crippen molar-refractivity contribution in [3.05, 3.63) is 29.3 Å². The van der Waals surface area contributed by atoms with E-state index in [9.17, 15) is 5.11 Å². The zero-order chi connectivity index (χ0) is 9.42. The summed E-state index contributed by atoms with van der Waals surface area (Å²) in [6.07, 6.45) is -0.226. The fourth-order valence-electron chi connectivity index (χ4n) is 1.76. The molecule has 70 valence electrons. The molecule has 13 heavy (non-hydrogen) atoms. The normalized spacial score (nSPS) is 22.8. The molecule has 1 aliphatic rings. The van der Waals surface area contributed by atoms with E-state index in [4.69, 9.17) is 0 Å². The lowest BCUT2D eigenvalue weighted by Gasteiger charge is -2.13. The van der Waals surface area contributed by atoms with Crippen molar-refractivity contribution < 1.29 is 5.11 Å². The Kier molecular flexibility index (Phi) is 2.35. The predicted molar refractivity (Wildman–Crippen MR) is 56.3 cm³/mol. The minimum absolute atomic E-state index is 0.226. The van der Waals surface area contributed by atoms with E-state index in [2.05, 4.69) is 25.1 Å². The molecule has 2 heteroatoms. The number of hydrogen-bond acceptors (Lipinski definition) is 2. The van der Waals surface area contributed by atoms with Crippen molar-refractivity contribution in [1.29, 1.82) is 0 Å². The number of fused-ring (bicyclic) bond motifs is 1. The summed E-state index contributed by atoms with van der Waals surface area (Å²) in [4.78, 5) is 1.34. The second-order valence-corrected chi connectivity index (χ2v) is 4.76. The molecule has 0 amide bonds. The first kappa shape index (κ1) is 9.10. The molecular weight excluding hydrogens is 180 g/mol. The van der Waals surface area contributed by atoms with Crippen molar-refractivity contribution in [3.8, 4) is 0 Å². The number of aliphatic hydroxyl groups excluding tert-OH is 1. The minimum Gasteiger partial charge on any atom is -0.393 e. The summed E-state index contributed by atoms with van der Waals surface area (Å²) in [5.41, 5.74) is 2.62. The summed E-state index contributed by atoms with van der Waals surface area (Å²) in [6, 6.07) is 6.50. The van der Waals surface area contributed by atoms with Gasteiger partial charge in [0, 0.05) is 16.6 Å². The van der Waals surface area contributed by atoms with Gasteiger partial charge in [-0.2, -0.15) is 0 Å². The Morgan fingerprint density at radius 2 is 2.31 bits per heavy atom. The van der Waals surface area contributed by atoms with Gasteiger partial charge in [-0.1, -0.05) is 17.7 Å². The Labute approximate surface area is 83.2 Å². The average Bonchev–Trinajstić information content (AvgIpc) is 2.46. The van der Waals surface area contributed by atoms with E-state index in [1.165, 1.54) is 16.0 Å². The van der Waals surface area contributed by atoms with Crippen molar-refractivity contribution in [2.45, 2.75) is 30.8 Å². The van der Waals surface area contributed by atoms with Crippen molar-refractivity contribution in [3.63, 3.8) is 0 Å². The topological polar surface area (TPSA) is 20.2 Å². The van der Waals surface area contributed by atoms with E-state index in [1.807, 2.05) is 18.7 Å². The standard InChI is InChI=1S/C11H14OS/c1-7-3-4-11-9(5-7)10(6-13-11)8(2)12/h3-5,8,10,12H,6H2,1-2H3. The summed E-state index contributed by atoms with van der Waals surface area (Å²) >= 11 is 1.85. The van der Waals surface area contributed by atoms with Crippen LogP contribution < -0.4 is 0 Å². The molecule has 1 nitrogen and oxygen atoms in total. The first-order chi connectivity index (χ1) is 6.18. The minimum atomic E-state index is -0.226. The predicted octanol–water partition coefficient (Wildman–Crippen LogP) is 2.57. The first-order valence-electron chi connectivity index (χ1n) is 4.60. The maximum absolute atomic E-state index is 9.58. The number of aryl methyl sites for hydroxylation is 1. The largest absolute Gasteiger partial charge is 0.393 e. The molecule has 0 spiro atoms. The van der Waals surface area contributed by atoms with E-state index in [0.29, 0.717) is 5.92 Å². The molecular formula is C11H14OS. The van der Waals surface area contributed by atoms with Crippen LogP contribution >= 0.6 is 11.8 Å². The van der Waals surface area contributed by atoms with Gasteiger partial charge >= 0.3 is 0 Å².